The smallest absolute Gasteiger partial charge is 0.413 e. The second kappa shape index (κ2) is 6.58. The van der Waals surface area contributed by atoms with E-state index in [4.69, 9.17) is 9.16 Å². The van der Waals surface area contributed by atoms with E-state index in [2.05, 4.69) is 4.18 Å². The van der Waals surface area contributed by atoms with Gasteiger partial charge in [0, 0.05) is 6.42 Å². The lowest BCUT2D eigenvalue weighted by molar-refractivity contribution is -0.118. The first-order valence-corrected chi connectivity index (χ1v) is 12.7. The van der Waals surface area contributed by atoms with Crippen LogP contribution in [0.3, 0.4) is 0 Å². The third kappa shape index (κ3) is 4.42. The number of rotatable bonds is 6. The van der Waals surface area contributed by atoms with E-state index in [1.165, 1.54) is 12.2 Å². The molecule has 0 amide bonds. The topological polar surface area (TPSA) is 82.1 Å². The lowest BCUT2D eigenvalue weighted by atomic mass is 9.97. The number of hydrogen-bond acceptors (Lipinski definition) is 6. The van der Waals surface area contributed by atoms with Crippen LogP contribution in [0.25, 0.3) is 0 Å². The molecule has 6 nitrogen and oxygen atoms in total. The van der Waals surface area contributed by atoms with Crippen molar-refractivity contribution in [3.05, 3.63) is 24.0 Å². The first-order chi connectivity index (χ1) is 12.0. The van der Waals surface area contributed by atoms with Crippen LogP contribution in [0.2, 0.25) is 18.1 Å². The highest BCUT2D eigenvalue weighted by Gasteiger charge is 2.53. The van der Waals surface area contributed by atoms with E-state index in [1.807, 2.05) is 33.9 Å². The standard InChI is InChI=1S/C16H25F3O6SSi/c1-13(2,3)27(4,5)23-11-15-7-6-14(10-20,25-15)8-12(9-15)24-26(21,22)16(17,18)19/h6-7,9,20H,8,10-11H2,1-5H3/t14-,15+/m1/s1. The number of aliphatic hydroxyl groups excluding tert-OH is 1. The molecular weight excluding hydrogens is 405 g/mol. The molecule has 2 aliphatic heterocycles. The molecule has 0 saturated carbocycles. The van der Waals surface area contributed by atoms with Gasteiger partial charge in [0.05, 0.1) is 13.2 Å². The Hall–Kier alpha value is -0.883. The first kappa shape index (κ1) is 22.4. The maximum absolute atomic E-state index is 12.7. The van der Waals surface area contributed by atoms with Gasteiger partial charge in [0.25, 0.3) is 0 Å². The van der Waals surface area contributed by atoms with E-state index < -0.39 is 47.5 Å². The van der Waals surface area contributed by atoms with Gasteiger partial charge in [-0.05, 0) is 30.3 Å². The van der Waals surface area contributed by atoms with E-state index >= 15 is 0 Å². The number of halogens is 3. The van der Waals surface area contributed by atoms with E-state index in [1.54, 1.807) is 6.08 Å². The molecule has 0 aromatic carbocycles. The third-order valence-corrected chi connectivity index (χ3v) is 10.7. The Bertz CT molecular complexity index is 753. The minimum atomic E-state index is -5.81. The molecule has 2 rings (SSSR count). The highest BCUT2D eigenvalue weighted by molar-refractivity contribution is 7.87. The van der Waals surface area contributed by atoms with Crippen LogP contribution in [0.1, 0.15) is 27.2 Å². The van der Waals surface area contributed by atoms with Crippen molar-refractivity contribution < 1.29 is 40.0 Å². The molecule has 2 atom stereocenters. The molecule has 0 aromatic heterocycles. The zero-order valence-electron chi connectivity index (χ0n) is 15.9. The van der Waals surface area contributed by atoms with E-state index in [0.717, 1.165) is 0 Å². The Morgan fingerprint density at radius 1 is 1.26 bits per heavy atom. The lowest BCUT2D eigenvalue weighted by Gasteiger charge is -2.41. The van der Waals surface area contributed by atoms with Gasteiger partial charge >= 0.3 is 15.6 Å². The van der Waals surface area contributed by atoms with Crippen LogP contribution < -0.4 is 0 Å². The van der Waals surface area contributed by atoms with Crippen molar-refractivity contribution >= 4 is 18.4 Å². The van der Waals surface area contributed by atoms with E-state index in [9.17, 15) is 26.7 Å². The van der Waals surface area contributed by atoms with Gasteiger partial charge in [0.2, 0.25) is 0 Å². The average Bonchev–Trinajstić information content (AvgIpc) is 2.76. The number of aliphatic hydroxyl groups is 1. The van der Waals surface area contributed by atoms with Gasteiger partial charge in [-0.15, -0.1) is 0 Å². The molecule has 156 valence electrons. The molecule has 0 aromatic rings. The first-order valence-electron chi connectivity index (χ1n) is 8.34. The highest BCUT2D eigenvalue weighted by Crippen LogP contribution is 2.45. The molecule has 2 bridgehead atoms. The number of fused-ring (bicyclic) bond motifs is 2. The Morgan fingerprint density at radius 3 is 2.33 bits per heavy atom. The van der Waals surface area contributed by atoms with Crippen molar-refractivity contribution in [2.75, 3.05) is 13.2 Å². The molecule has 0 aliphatic carbocycles. The molecular formula is C16H25F3O6SSi. The molecule has 0 spiro atoms. The Balaban J connectivity index is 2.31. The summed E-state index contributed by atoms with van der Waals surface area (Å²) in [6.45, 7) is 9.52. The fraction of sp³-hybridized carbons (Fsp3) is 0.750. The number of alkyl halides is 3. The maximum Gasteiger partial charge on any atom is 0.534 e. The highest BCUT2D eigenvalue weighted by atomic mass is 32.2. The molecule has 1 N–H and O–H groups in total. The summed E-state index contributed by atoms with van der Waals surface area (Å²) in [6.07, 6.45) is 3.92. The van der Waals surface area contributed by atoms with Crippen molar-refractivity contribution in [3.63, 3.8) is 0 Å². The summed E-state index contributed by atoms with van der Waals surface area (Å²) in [5.41, 5.74) is -8.19. The van der Waals surface area contributed by atoms with Crippen LogP contribution in [0.15, 0.2) is 24.0 Å². The summed E-state index contributed by atoms with van der Waals surface area (Å²) in [5.74, 6) is -0.434. The fourth-order valence-electron chi connectivity index (χ4n) is 2.54. The Kier molecular flexibility index (Phi) is 5.46. The molecule has 0 saturated heterocycles. The van der Waals surface area contributed by atoms with Crippen molar-refractivity contribution in [1.29, 1.82) is 0 Å². The van der Waals surface area contributed by atoms with Gasteiger partial charge in [0.1, 0.15) is 17.0 Å². The molecule has 27 heavy (non-hydrogen) atoms. The normalized spacial score (nSPS) is 29.0. The second-order valence-corrected chi connectivity index (χ2v) is 14.8. The minimum absolute atomic E-state index is 0.0271. The maximum atomic E-state index is 12.7. The summed E-state index contributed by atoms with van der Waals surface area (Å²) in [7, 11) is -8.02. The van der Waals surface area contributed by atoms with Crippen molar-refractivity contribution in [1.82, 2.24) is 0 Å². The number of hydrogen-bond donors (Lipinski definition) is 1. The predicted octanol–water partition coefficient (Wildman–Crippen LogP) is 3.22. The summed E-state index contributed by atoms with van der Waals surface area (Å²) in [6, 6.07) is 0. The van der Waals surface area contributed by atoms with Crippen molar-refractivity contribution in [2.24, 2.45) is 0 Å². The minimum Gasteiger partial charge on any atom is -0.413 e. The average molecular weight is 431 g/mol. The summed E-state index contributed by atoms with van der Waals surface area (Å²) < 4.78 is 77.0. The number of ether oxygens (including phenoxy) is 1. The van der Waals surface area contributed by atoms with Crippen LogP contribution in [0.4, 0.5) is 13.2 Å². The second-order valence-electron chi connectivity index (χ2n) is 8.43. The SMILES string of the molecule is CC(C)(C)[Si](C)(C)OC[C@]12C=C[C@](CO)(CC(OS(=O)(=O)C(F)(F)F)=C1)O2. The van der Waals surface area contributed by atoms with Gasteiger partial charge in [-0.1, -0.05) is 26.8 Å². The quantitative estimate of drug-likeness (QED) is 0.302. The molecule has 2 heterocycles. The van der Waals surface area contributed by atoms with Gasteiger partial charge in [-0.25, -0.2) is 0 Å². The monoisotopic (exact) mass is 430 g/mol. The predicted molar refractivity (Wildman–Crippen MR) is 94.7 cm³/mol. The summed E-state index contributed by atoms with van der Waals surface area (Å²) in [5, 5.41) is 9.54. The summed E-state index contributed by atoms with van der Waals surface area (Å²) >= 11 is 0. The Labute approximate surface area is 158 Å². The zero-order chi connectivity index (χ0) is 20.9. The Morgan fingerprint density at radius 2 is 1.85 bits per heavy atom. The van der Waals surface area contributed by atoms with Crippen molar-refractivity contribution in [2.45, 2.75) is 62.0 Å². The zero-order valence-corrected chi connectivity index (χ0v) is 17.7. The lowest BCUT2D eigenvalue weighted by Crippen LogP contribution is -2.49. The van der Waals surface area contributed by atoms with E-state index in [-0.39, 0.29) is 18.1 Å². The van der Waals surface area contributed by atoms with Gasteiger partial charge < -0.3 is 18.5 Å². The van der Waals surface area contributed by atoms with Gasteiger partial charge in [-0.2, -0.15) is 21.6 Å². The van der Waals surface area contributed by atoms with Crippen molar-refractivity contribution in [3.8, 4) is 0 Å². The van der Waals surface area contributed by atoms with Crippen LogP contribution in [0, 0.1) is 0 Å². The largest absolute Gasteiger partial charge is 0.534 e. The van der Waals surface area contributed by atoms with Gasteiger partial charge in [-0.3, -0.25) is 0 Å². The van der Waals surface area contributed by atoms with Crippen LogP contribution in [-0.2, 0) is 23.5 Å². The molecule has 0 fully saturated rings. The van der Waals surface area contributed by atoms with Crippen LogP contribution in [0.5, 0.6) is 0 Å². The molecule has 2 aliphatic rings. The van der Waals surface area contributed by atoms with Crippen LogP contribution >= 0.6 is 0 Å². The summed E-state index contributed by atoms with van der Waals surface area (Å²) in [4.78, 5) is 0. The fourth-order valence-corrected chi connectivity index (χ4v) is 4.04. The van der Waals surface area contributed by atoms with E-state index in [0.29, 0.717) is 0 Å². The van der Waals surface area contributed by atoms with Crippen LogP contribution in [-0.4, -0.2) is 51.8 Å². The molecule has 11 heteroatoms. The molecule has 0 unspecified atom stereocenters. The molecule has 0 radical (unpaired) electrons. The van der Waals surface area contributed by atoms with Gasteiger partial charge in [0.15, 0.2) is 8.32 Å². The third-order valence-electron chi connectivity index (χ3n) is 5.17.